The summed E-state index contributed by atoms with van der Waals surface area (Å²) >= 11 is 0. The van der Waals surface area contributed by atoms with Crippen LogP contribution in [-0.4, -0.2) is 65.9 Å². The van der Waals surface area contributed by atoms with Crippen LogP contribution in [0.25, 0.3) is 0 Å². The monoisotopic (exact) mass is 360 g/mol. The summed E-state index contributed by atoms with van der Waals surface area (Å²) in [6, 6.07) is -2.06. The van der Waals surface area contributed by atoms with E-state index in [1.54, 1.807) is 20.8 Å². The smallest absolute Gasteiger partial charge is 0.410 e. The second-order valence-corrected chi connectivity index (χ2v) is 7.49. The zero-order valence-electron chi connectivity index (χ0n) is 16.5. The summed E-state index contributed by atoms with van der Waals surface area (Å²) in [7, 11) is 2.64. The van der Waals surface area contributed by atoms with E-state index in [-0.39, 0.29) is 5.92 Å². The van der Waals surface area contributed by atoms with Crippen LogP contribution in [0.1, 0.15) is 48.0 Å². The lowest BCUT2D eigenvalue weighted by Gasteiger charge is -2.32. The van der Waals surface area contributed by atoms with Gasteiger partial charge in [-0.05, 0) is 40.0 Å². The van der Waals surface area contributed by atoms with Gasteiger partial charge < -0.3 is 19.9 Å². The van der Waals surface area contributed by atoms with Crippen LogP contribution in [0.5, 0.6) is 0 Å². The molecule has 0 aromatic rings. The molecule has 0 aromatic heterocycles. The first kappa shape index (κ1) is 23.2. The number of likely N-dealkylation sites (N-methyl/N-ethyl adjacent to an activating group) is 1. The second-order valence-electron chi connectivity index (χ2n) is 7.49. The number of nitrogens with zero attached hydrogens (tertiary/aromatic N) is 1. The molecular formula is C17H32N2O6. The Morgan fingerprint density at radius 1 is 1.16 bits per heavy atom. The first-order valence-electron chi connectivity index (χ1n) is 8.32. The van der Waals surface area contributed by atoms with Crippen LogP contribution >= 0.6 is 0 Å². The summed E-state index contributed by atoms with van der Waals surface area (Å²) in [6.45, 7) is 10.4. The SMILES string of the molecule is COC(=O)[C@H](NC(=O)[C@@H](CC(C)C)N(C)C(=O)OC(C)(C)C)[C@@H](C)O. The molecule has 0 radical (unpaired) electrons. The Morgan fingerprint density at radius 3 is 2.04 bits per heavy atom. The third kappa shape index (κ3) is 8.20. The van der Waals surface area contributed by atoms with Crippen molar-refractivity contribution in [1.82, 2.24) is 10.2 Å². The van der Waals surface area contributed by atoms with Gasteiger partial charge in [0.15, 0.2) is 6.04 Å². The lowest BCUT2D eigenvalue weighted by molar-refractivity contribution is -0.148. The highest BCUT2D eigenvalue weighted by molar-refractivity contribution is 5.89. The van der Waals surface area contributed by atoms with Gasteiger partial charge in [-0.3, -0.25) is 9.69 Å². The molecule has 0 unspecified atom stereocenters. The van der Waals surface area contributed by atoms with Crippen LogP contribution in [0.3, 0.4) is 0 Å². The molecule has 0 saturated carbocycles. The molecule has 0 aliphatic heterocycles. The minimum Gasteiger partial charge on any atom is -0.467 e. The van der Waals surface area contributed by atoms with Gasteiger partial charge in [-0.25, -0.2) is 9.59 Å². The fourth-order valence-corrected chi connectivity index (χ4v) is 2.10. The second kappa shape index (κ2) is 9.60. The summed E-state index contributed by atoms with van der Waals surface area (Å²) in [4.78, 5) is 37.9. The van der Waals surface area contributed by atoms with E-state index in [2.05, 4.69) is 10.1 Å². The summed E-state index contributed by atoms with van der Waals surface area (Å²) in [5.74, 6) is -1.20. The van der Waals surface area contributed by atoms with E-state index >= 15 is 0 Å². The van der Waals surface area contributed by atoms with Crippen LogP contribution in [0, 0.1) is 5.92 Å². The molecule has 0 rings (SSSR count). The Kier molecular flexibility index (Phi) is 8.90. The van der Waals surface area contributed by atoms with Crippen LogP contribution in [0.2, 0.25) is 0 Å². The fourth-order valence-electron chi connectivity index (χ4n) is 2.10. The third-order valence-corrected chi connectivity index (χ3v) is 3.38. The Hall–Kier alpha value is -1.83. The number of methoxy groups -OCH3 is 1. The molecule has 8 nitrogen and oxygen atoms in total. The van der Waals surface area contributed by atoms with Crippen LogP contribution in [-0.2, 0) is 19.1 Å². The van der Waals surface area contributed by atoms with E-state index in [1.165, 1.54) is 26.0 Å². The molecule has 0 aliphatic carbocycles. The number of nitrogens with one attached hydrogen (secondary N) is 1. The van der Waals surface area contributed by atoms with Crippen molar-refractivity contribution in [2.75, 3.05) is 14.2 Å². The summed E-state index contributed by atoms with van der Waals surface area (Å²) in [5, 5.41) is 12.2. The van der Waals surface area contributed by atoms with Gasteiger partial charge in [0.2, 0.25) is 5.91 Å². The molecule has 0 aromatic carbocycles. The standard InChI is InChI=1S/C17H32N2O6/c1-10(2)9-12(19(7)16(23)25-17(4,5)6)14(21)18-13(11(3)20)15(22)24-8/h10-13,20H,9H2,1-8H3,(H,18,21)/t11-,12-,13-/m1/s1. The third-order valence-electron chi connectivity index (χ3n) is 3.38. The molecule has 0 spiro atoms. The molecular weight excluding hydrogens is 328 g/mol. The maximum atomic E-state index is 12.6. The first-order valence-corrected chi connectivity index (χ1v) is 8.32. The number of hydrogen-bond acceptors (Lipinski definition) is 6. The zero-order chi connectivity index (χ0) is 19.9. The van der Waals surface area contributed by atoms with E-state index in [1.807, 2.05) is 13.8 Å². The van der Waals surface area contributed by atoms with Crippen molar-refractivity contribution in [3.05, 3.63) is 0 Å². The maximum absolute atomic E-state index is 12.6. The zero-order valence-corrected chi connectivity index (χ0v) is 16.5. The number of carbonyl (C=O) groups is 3. The highest BCUT2D eigenvalue weighted by Crippen LogP contribution is 2.16. The van der Waals surface area contributed by atoms with E-state index in [4.69, 9.17) is 4.74 Å². The topological polar surface area (TPSA) is 105 Å². The Balaban J connectivity index is 5.33. The summed E-state index contributed by atoms with van der Waals surface area (Å²) in [5.41, 5.74) is -0.696. The van der Waals surface area contributed by atoms with Crippen molar-refractivity contribution < 1.29 is 29.0 Å². The number of hydrogen-bond donors (Lipinski definition) is 2. The Labute approximate surface area is 149 Å². The largest absolute Gasteiger partial charge is 0.467 e. The number of aliphatic hydroxyl groups is 1. The van der Waals surface area contributed by atoms with Gasteiger partial charge in [-0.2, -0.15) is 0 Å². The number of aliphatic hydroxyl groups excluding tert-OH is 1. The predicted octanol–water partition coefficient (Wildman–Crippen LogP) is 1.31. The van der Waals surface area contributed by atoms with E-state index in [0.717, 1.165) is 0 Å². The van der Waals surface area contributed by atoms with Gasteiger partial charge in [0, 0.05) is 7.05 Å². The first-order chi connectivity index (χ1) is 11.3. The van der Waals surface area contributed by atoms with Crippen LogP contribution in [0.4, 0.5) is 4.79 Å². The van der Waals surface area contributed by atoms with E-state index < -0.39 is 41.8 Å². The lowest BCUT2D eigenvalue weighted by Crippen LogP contribution is -2.56. The minimum absolute atomic E-state index is 0.115. The van der Waals surface area contributed by atoms with Gasteiger partial charge in [-0.1, -0.05) is 13.8 Å². The number of esters is 1. The molecule has 25 heavy (non-hydrogen) atoms. The lowest BCUT2D eigenvalue weighted by atomic mass is 10.0. The normalized spacial score (nSPS) is 15.1. The molecule has 2 amide bonds. The van der Waals surface area contributed by atoms with Crippen molar-refractivity contribution in [3.63, 3.8) is 0 Å². The van der Waals surface area contributed by atoms with Gasteiger partial charge in [0.25, 0.3) is 0 Å². The highest BCUT2D eigenvalue weighted by Gasteiger charge is 2.34. The molecule has 8 heteroatoms. The maximum Gasteiger partial charge on any atom is 0.410 e. The van der Waals surface area contributed by atoms with Gasteiger partial charge in [-0.15, -0.1) is 0 Å². The molecule has 0 aliphatic rings. The summed E-state index contributed by atoms with van der Waals surface area (Å²) in [6.07, 6.45) is -1.40. The molecule has 0 heterocycles. The van der Waals surface area contributed by atoms with Crippen molar-refractivity contribution in [3.8, 4) is 0 Å². The van der Waals surface area contributed by atoms with Gasteiger partial charge >= 0.3 is 12.1 Å². The van der Waals surface area contributed by atoms with Crippen molar-refractivity contribution in [1.29, 1.82) is 0 Å². The average Bonchev–Trinajstić information content (AvgIpc) is 2.46. The average molecular weight is 360 g/mol. The molecule has 3 atom stereocenters. The molecule has 146 valence electrons. The fraction of sp³-hybridized carbons (Fsp3) is 0.824. The quantitative estimate of drug-likeness (QED) is 0.663. The molecule has 0 bridgehead atoms. The van der Waals surface area contributed by atoms with E-state index in [0.29, 0.717) is 6.42 Å². The Morgan fingerprint density at radius 2 is 1.68 bits per heavy atom. The van der Waals surface area contributed by atoms with E-state index in [9.17, 15) is 19.5 Å². The number of ether oxygens (including phenoxy) is 2. The molecule has 0 saturated heterocycles. The van der Waals surface area contributed by atoms with Crippen LogP contribution < -0.4 is 5.32 Å². The number of carbonyl (C=O) groups excluding carboxylic acids is 3. The predicted molar refractivity (Wildman–Crippen MR) is 92.9 cm³/mol. The van der Waals surface area contributed by atoms with Crippen molar-refractivity contribution >= 4 is 18.0 Å². The number of rotatable bonds is 7. The molecule has 0 fully saturated rings. The molecule has 2 N–H and O–H groups in total. The Bertz CT molecular complexity index is 470. The minimum atomic E-state index is -1.21. The van der Waals surface area contributed by atoms with Crippen LogP contribution in [0.15, 0.2) is 0 Å². The van der Waals surface area contributed by atoms with Crippen molar-refractivity contribution in [2.24, 2.45) is 5.92 Å². The number of amides is 2. The summed E-state index contributed by atoms with van der Waals surface area (Å²) < 4.78 is 9.89. The van der Waals surface area contributed by atoms with Gasteiger partial charge in [0.1, 0.15) is 11.6 Å². The van der Waals surface area contributed by atoms with Crippen molar-refractivity contribution in [2.45, 2.75) is 71.8 Å². The highest BCUT2D eigenvalue weighted by atomic mass is 16.6. The van der Waals surface area contributed by atoms with Gasteiger partial charge in [0.05, 0.1) is 13.2 Å².